The van der Waals surface area contributed by atoms with E-state index in [1.165, 1.54) is 23.8 Å². The van der Waals surface area contributed by atoms with Crippen LogP contribution in [0.15, 0.2) is 72.9 Å². The van der Waals surface area contributed by atoms with E-state index >= 15 is 52.7 Å². The molecule has 0 saturated carbocycles. The van der Waals surface area contributed by atoms with Gasteiger partial charge in [-0.25, -0.2) is 0 Å². The van der Waals surface area contributed by atoms with Gasteiger partial charge >= 0.3 is 366 Å². The fraction of sp³-hybridized carbons (Fsp3) is 0.250. The standard InChI is InChI=1S/C45H35BF15N2Se.C7H8/c1-16(2)20-11-9-12-21(17(3)4)43(20)62-15-24(63(45(62)64)44-22(18(5)6)13-10-14-23(44)19(7)8)46(25-28(47)34(53)40(59)35(54)29(25)48,26-30(49)36(55)41(60)37(56)31(26)50)27-32(51)38(57)42(61)39(58)33(27)52;1-7-5-3-2-4-6-7/h9-19H,1-8H3;2-6H,1H3/q-1;/p+1. The maximum atomic E-state index is 17.0. The molecule has 0 aliphatic rings. The van der Waals surface area contributed by atoms with Crippen molar-refractivity contribution in [2.45, 2.75) is 86.0 Å². The number of aryl methyl sites for hydroxylation is 1. The van der Waals surface area contributed by atoms with Gasteiger partial charge in [-0.15, -0.1) is 0 Å². The molecule has 0 unspecified atom stereocenters. The maximum Gasteiger partial charge on any atom is -0.0398 e. The van der Waals surface area contributed by atoms with E-state index in [-0.39, 0.29) is 27.2 Å². The average Bonchev–Trinajstić information content (AvgIpc) is 3.68. The molecule has 376 valence electrons. The molecule has 0 N–H and O–H groups in total. The van der Waals surface area contributed by atoms with E-state index in [1.54, 1.807) is 73.6 Å². The number of nitrogens with zero attached hydrogens (tertiary/aromatic N) is 2. The molecule has 0 amide bonds. The molecular weight excluding hydrogens is 1030 g/mol. The van der Waals surface area contributed by atoms with E-state index < -0.39 is 139 Å². The van der Waals surface area contributed by atoms with Gasteiger partial charge in [0.05, 0.1) is 0 Å². The van der Waals surface area contributed by atoms with Crippen molar-refractivity contribution in [2.75, 3.05) is 0 Å². The zero-order valence-corrected chi connectivity index (χ0v) is 41.2. The second-order valence-corrected chi connectivity index (χ2v) is 19.1. The first-order chi connectivity index (χ1) is 33.2. The molecule has 0 saturated heterocycles. The van der Waals surface area contributed by atoms with E-state index in [9.17, 15) is 13.2 Å². The van der Waals surface area contributed by atoms with Crippen LogP contribution < -0.4 is 31.3 Å². The van der Waals surface area contributed by atoms with Crippen molar-refractivity contribution in [3.05, 3.63) is 188 Å². The summed E-state index contributed by atoms with van der Waals surface area (Å²) in [5, 5.41) is 0. The second kappa shape index (κ2) is 20.7. The first kappa shape index (κ1) is 54.4. The van der Waals surface area contributed by atoms with Crippen LogP contribution in [0.2, 0.25) is 0 Å². The van der Waals surface area contributed by atoms with Gasteiger partial charge in [0.1, 0.15) is 0 Å². The molecular formula is C52H44BF15N2Se. The van der Waals surface area contributed by atoms with Crippen LogP contribution in [0, 0.1) is 94.2 Å². The average molecular weight is 1070 g/mol. The van der Waals surface area contributed by atoms with Crippen molar-refractivity contribution in [3.8, 4) is 11.4 Å². The van der Waals surface area contributed by atoms with Crippen molar-refractivity contribution in [3.63, 3.8) is 0 Å². The fourth-order valence-electron chi connectivity index (χ4n) is 9.15. The van der Waals surface area contributed by atoms with Crippen molar-refractivity contribution in [1.82, 2.24) is 4.57 Å². The van der Waals surface area contributed by atoms with Crippen molar-refractivity contribution >= 4 is 48.9 Å². The molecule has 0 spiro atoms. The smallest absolute Gasteiger partial charge is 0.0398 e. The first-order valence-electron chi connectivity index (χ1n) is 22.1. The molecule has 0 aliphatic carbocycles. The molecule has 0 radical (unpaired) electrons. The Hall–Kier alpha value is -5.94. The Kier molecular flexibility index (Phi) is 15.8. The zero-order valence-electron chi connectivity index (χ0n) is 39.3. The first-order valence-corrected chi connectivity index (χ1v) is 23.0. The van der Waals surface area contributed by atoms with Crippen LogP contribution in [0.25, 0.3) is 11.4 Å². The molecule has 0 atom stereocenters. The predicted octanol–water partition coefficient (Wildman–Crippen LogP) is 11.2. The summed E-state index contributed by atoms with van der Waals surface area (Å²) in [4.78, 5) is 0. The van der Waals surface area contributed by atoms with Crippen molar-refractivity contribution in [1.29, 1.82) is 0 Å². The largest absolute Gasteiger partial charge is 0.0622 e. The molecule has 71 heavy (non-hydrogen) atoms. The van der Waals surface area contributed by atoms with Gasteiger partial charge in [0.15, 0.2) is 0 Å². The molecule has 0 aliphatic heterocycles. The fourth-order valence-corrected chi connectivity index (χ4v) is 9.93. The van der Waals surface area contributed by atoms with Gasteiger partial charge in [0.25, 0.3) is 0 Å². The molecule has 7 aromatic rings. The number of halogens is 15. The number of benzene rings is 6. The van der Waals surface area contributed by atoms with Crippen LogP contribution in [0.3, 0.4) is 0 Å². The van der Waals surface area contributed by atoms with Gasteiger partial charge in [-0.1, -0.05) is 35.9 Å². The quantitative estimate of drug-likeness (QED) is 0.0424. The molecule has 7 rings (SSSR count). The predicted molar refractivity (Wildman–Crippen MR) is 245 cm³/mol. The van der Waals surface area contributed by atoms with Crippen molar-refractivity contribution < 1.29 is 70.4 Å². The van der Waals surface area contributed by atoms with Crippen LogP contribution in [0.4, 0.5) is 65.9 Å². The number of imidazole rings is 1. The van der Waals surface area contributed by atoms with Crippen molar-refractivity contribution in [2.24, 2.45) is 0 Å². The van der Waals surface area contributed by atoms with E-state index in [2.05, 4.69) is 19.1 Å². The van der Waals surface area contributed by atoms with E-state index in [0.29, 0.717) is 17.3 Å². The van der Waals surface area contributed by atoms with Crippen LogP contribution in [0.5, 0.6) is 0 Å². The number of hydrogen-bond donors (Lipinski definition) is 0. The third-order valence-corrected chi connectivity index (χ3v) is 13.4. The van der Waals surface area contributed by atoms with Gasteiger partial charge in [-0.3, -0.25) is 0 Å². The SMILES string of the molecule is CC(C)c1cccc(C(C)C)c1-n1c([B-](c2c(F)c(F)c(F)c(F)c2F)(c2c(F)c(F)c(F)c(F)c2F)c2c(F)c(F)c(F)c(F)c2F)c[n+](-c2c(C(C)C)cccc2C(C)C)c1[SeH].Cc1ccccc1. The van der Waals surface area contributed by atoms with Crippen LogP contribution in [0.1, 0.15) is 107 Å². The van der Waals surface area contributed by atoms with Gasteiger partial charge < -0.3 is 0 Å². The molecule has 1 aromatic heterocycles. The van der Waals surface area contributed by atoms with E-state index in [0.717, 1.165) is 9.13 Å². The van der Waals surface area contributed by atoms with Crippen LogP contribution in [-0.2, 0) is 0 Å². The summed E-state index contributed by atoms with van der Waals surface area (Å²) in [7, 11) is 0. The topological polar surface area (TPSA) is 8.81 Å². The van der Waals surface area contributed by atoms with Crippen LogP contribution in [-0.4, -0.2) is 26.7 Å². The number of hydrogen-bond acceptors (Lipinski definition) is 0. The molecule has 1 heterocycles. The molecule has 19 heteroatoms. The second-order valence-electron chi connectivity index (χ2n) is 18.2. The Labute approximate surface area is 407 Å². The number of aromatic nitrogens is 2. The summed E-state index contributed by atoms with van der Waals surface area (Å²) >= 11 is 1.96. The molecule has 2 nitrogen and oxygen atoms in total. The summed E-state index contributed by atoms with van der Waals surface area (Å²) in [5.74, 6) is -48.1. The van der Waals surface area contributed by atoms with E-state index in [4.69, 9.17) is 0 Å². The Morgan fingerprint density at radius 1 is 0.394 bits per heavy atom. The third kappa shape index (κ3) is 8.95. The van der Waals surface area contributed by atoms with Gasteiger partial charge in [0, 0.05) is 0 Å². The Bertz CT molecular complexity index is 2900. The minimum atomic E-state index is -6.17. The molecule has 6 aromatic carbocycles. The minimum Gasteiger partial charge on any atom is -0.0622 e. The van der Waals surface area contributed by atoms with Crippen LogP contribution >= 0.6 is 0 Å². The van der Waals surface area contributed by atoms with E-state index in [1.807, 2.05) is 34.2 Å². The minimum absolute atomic E-state index is 0.133. The summed E-state index contributed by atoms with van der Waals surface area (Å²) < 4.78 is 243. The van der Waals surface area contributed by atoms with Gasteiger partial charge in [-0.2, -0.15) is 0 Å². The summed E-state index contributed by atoms with van der Waals surface area (Å²) in [6.45, 7) is 15.3. The summed E-state index contributed by atoms with van der Waals surface area (Å²) in [6.07, 6.45) is -5.54. The Morgan fingerprint density at radius 2 is 0.676 bits per heavy atom. The molecule has 0 bridgehead atoms. The van der Waals surface area contributed by atoms with Gasteiger partial charge in [-0.05, 0) is 6.92 Å². The Morgan fingerprint density at radius 3 is 0.944 bits per heavy atom. The number of rotatable bonds is 10. The summed E-state index contributed by atoms with van der Waals surface area (Å²) in [5.41, 5.74) is -7.08. The maximum absolute atomic E-state index is 17.0. The number of para-hydroxylation sites is 2. The Balaban J connectivity index is 0.00000108. The monoisotopic (exact) mass is 1070 g/mol. The summed E-state index contributed by atoms with van der Waals surface area (Å²) in [6, 6.07) is 19.5. The van der Waals surface area contributed by atoms with Gasteiger partial charge in [0.2, 0.25) is 0 Å². The third-order valence-electron chi connectivity index (χ3n) is 12.5. The normalized spacial score (nSPS) is 12.0. The molecule has 0 fully saturated rings. The zero-order chi connectivity index (χ0) is 53.0.